The monoisotopic (exact) mass is 282 g/mol. The van der Waals surface area contributed by atoms with E-state index >= 15 is 0 Å². The van der Waals surface area contributed by atoms with Gasteiger partial charge in [-0.25, -0.2) is 0 Å². The fourth-order valence-electron chi connectivity index (χ4n) is 2.39. The quantitative estimate of drug-likeness (QED) is 0.648. The fourth-order valence-corrected chi connectivity index (χ4v) is 2.39. The summed E-state index contributed by atoms with van der Waals surface area (Å²) in [5, 5.41) is 3.49. The van der Waals surface area contributed by atoms with Crippen LogP contribution in [0.1, 0.15) is 32.6 Å². The Morgan fingerprint density at radius 1 is 0.810 bits per heavy atom. The number of nitrogens with zero attached hydrogens (tertiary/aromatic N) is 1. The maximum absolute atomic E-state index is 3.49. The Morgan fingerprint density at radius 3 is 2.14 bits per heavy atom. The van der Waals surface area contributed by atoms with Crippen molar-refractivity contribution in [1.29, 1.82) is 0 Å². The maximum Gasteiger partial charge on any atom is 0.0409 e. The number of benzene rings is 2. The molecule has 2 nitrogen and oxygen atoms in total. The standard InChI is InChI=1S/C19H26N2/c1-3-4-5-9-16-20-17-12-14-19(15-13-17)21(2)18-10-7-6-8-11-18/h6-8,10-15,20H,3-5,9,16H2,1-2H3. The molecule has 0 aromatic heterocycles. The van der Waals surface area contributed by atoms with E-state index in [0.717, 1.165) is 6.54 Å². The van der Waals surface area contributed by atoms with Crippen molar-refractivity contribution in [2.24, 2.45) is 0 Å². The van der Waals surface area contributed by atoms with E-state index in [2.05, 4.69) is 72.7 Å². The van der Waals surface area contributed by atoms with Crippen LogP contribution in [0, 0.1) is 0 Å². The number of hydrogen-bond donors (Lipinski definition) is 1. The van der Waals surface area contributed by atoms with Gasteiger partial charge in [0.25, 0.3) is 0 Å². The molecular formula is C19H26N2. The number of hydrogen-bond acceptors (Lipinski definition) is 2. The molecule has 0 heterocycles. The van der Waals surface area contributed by atoms with Crippen molar-refractivity contribution in [2.45, 2.75) is 32.6 Å². The van der Waals surface area contributed by atoms with Crippen LogP contribution in [0.25, 0.3) is 0 Å². The van der Waals surface area contributed by atoms with Crippen LogP contribution in [0.4, 0.5) is 17.1 Å². The van der Waals surface area contributed by atoms with Crippen LogP contribution in [0.2, 0.25) is 0 Å². The Bertz CT molecular complexity index is 505. The number of unbranched alkanes of at least 4 members (excludes halogenated alkanes) is 3. The topological polar surface area (TPSA) is 15.3 Å². The number of rotatable bonds is 8. The third kappa shape index (κ3) is 4.82. The van der Waals surface area contributed by atoms with Gasteiger partial charge in [-0.05, 0) is 42.8 Å². The smallest absolute Gasteiger partial charge is 0.0409 e. The van der Waals surface area contributed by atoms with Gasteiger partial charge in [0.1, 0.15) is 0 Å². The molecule has 0 bridgehead atoms. The highest BCUT2D eigenvalue weighted by molar-refractivity contribution is 5.64. The van der Waals surface area contributed by atoms with Gasteiger partial charge in [0.15, 0.2) is 0 Å². The Hall–Kier alpha value is -1.96. The van der Waals surface area contributed by atoms with Gasteiger partial charge in [-0.15, -0.1) is 0 Å². The van der Waals surface area contributed by atoms with Gasteiger partial charge in [-0.1, -0.05) is 44.4 Å². The molecule has 1 N–H and O–H groups in total. The van der Waals surface area contributed by atoms with Gasteiger partial charge in [-0.3, -0.25) is 0 Å². The van der Waals surface area contributed by atoms with Crippen molar-refractivity contribution < 1.29 is 0 Å². The average molecular weight is 282 g/mol. The summed E-state index contributed by atoms with van der Waals surface area (Å²) in [6, 6.07) is 19.1. The molecule has 112 valence electrons. The fraction of sp³-hybridized carbons (Fsp3) is 0.368. The van der Waals surface area contributed by atoms with Gasteiger partial charge < -0.3 is 10.2 Å². The normalized spacial score (nSPS) is 10.4. The van der Waals surface area contributed by atoms with E-state index in [0.29, 0.717) is 0 Å². The Kier molecular flexibility index (Phi) is 6.14. The van der Waals surface area contributed by atoms with E-state index in [1.807, 2.05) is 6.07 Å². The van der Waals surface area contributed by atoms with Gasteiger partial charge in [0, 0.05) is 30.7 Å². The first-order chi connectivity index (χ1) is 10.3. The molecule has 0 aliphatic carbocycles. The summed E-state index contributed by atoms with van der Waals surface area (Å²) in [7, 11) is 2.10. The van der Waals surface area contributed by atoms with Gasteiger partial charge in [0.05, 0.1) is 0 Å². The largest absolute Gasteiger partial charge is 0.385 e. The predicted molar refractivity (Wildman–Crippen MR) is 93.6 cm³/mol. The van der Waals surface area contributed by atoms with Crippen molar-refractivity contribution >= 4 is 17.1 Å². The zero-order valence-corrected chi connectivity index (χ0v) is 13.2. The lowest BCUT2D eigenvalue weighted by Crippen LogP contribution is -2.09. The second-order valence-corrected chi connectivity index (χ2v) is 5.43. The van der Waals surface area contributed by atoms with Crippen molar-refractivity contribution in [2.75, 3.05) is 23.8 Å². The van der Waals surface area contributed by atoms with Crippen molar-refractivity contribution in [3.63, 3.8) is 0 Å². The van der Waals surface area contributed by atoms with E-state index in [4.69, 9.17) is 0 Å². The molecule has 0 spiro atoms. The van der Waals surface area contributed by atoms with Crippen molar-refractivity contribution in [3.05, 3.63) is 54.6 Å². The summed E-state index contributed by atoms with van der Waals surface area (Å²) >= 11 is 0. The second-order valence-electron chi connectivity index (χ2n) is 5.43. The van der Waals surface area contributed by atoms with Crippen molar-refractivity contribution in [1.82, 2.24) is 0 Å². The van der Waals surface area contributed by atoms with Gasteiger partial charge in [-0.2, -0.15) is 0 Å². The van der Waals surface area contributed by atoms with Crippen LogP contribution in [0.3, 0.4) is 0 Å². The average Bonchev–Trinajstić information content (AvgIpc) is 2.55. The third-order valence-electron chi connectivity index (χ3n) is 3.76. The number of anilines is 3. The van der Waals surface area contributed by atoms with Gasteiger partial charge in [0.2, 0.25) is 0 Å². The zero-order chi connectivity index (χ0) is 14.9. The summed E-state index contributed by atoms with van der Waals surface area (Å²) in [5.74, 6) is 0. The molecule has 0 aliphatic rings. The highest BCUT2D eigenvalue weighted by atomic mass is 15.1. The molecule has 0 radical (unpaired) electrons. The van der Waals surface area contributed by atoms with Crippen LogP contribution < -0.4 is 10.2 Å². The summed E-state index contributed by atoms with van der Waals surface area (Å²) in [6.45, 7) is 3.31. The lowest BCUT2D eigenvalue weighted by molar-refractivity contribution is 0.685. The number of nitrogens with one attached hydrogen (secondary N) is 1. The molecule has 0 fully saturated rings. The van der Waals surface area contributed by atoms with Crippen LogP contribution in [-0.2, 0) is 0 Å². The highest BCUT2D eigenvalue weighted by Crippen LogP contribution is 2.24. The summed E-state index contributed by atoms with van der Waals surface area (Å²) in [6.07, 6.45) is 5.20. The minimum atomic E-state index is 1.06. The second kappa shape index (κ2) is 8.35. The minimum Gasteiger partial charge on any atom is -0.385 e. The lowest BCUT2D eigenvalue weighted by atomic mass is 10.2. The Balaban J connectivity index is 1.87. The highest BCUT2D eigenvalue weighted by Gasteiger charge is 2.02. The zero-order valence-electron chi connectivity index (χ0n) is 13.2. The van der Waals surface area contributed by atoms with E-state index in [1.165, 1.54) is 42.7 Å². The summed E-state index contributed by atoms with van der Waals surface area (Å²) in [5.41, 5.74) is 3.62. The molecule has 2 aromatic carbocycles. The lowest BCUT2D eigenvalue weighted by Gasteiger charge is -2.19. The Morgan fingerprint density at radius 2 is 1.48 bits per heavy atom. The van der Waals surface area contributed by atoms with Crippen LogP contribution in [0.15, 0.2) is 54.6 Å². The maximum atomic E-state index is 3.49. The molecule has 0 saturated carbocycles. The van der Waals surface area contributed by atoms with E-state index < -0.39 is 0 Å². The summed E-state index contributed by atoms with van der Waals surface area (Å²) in [4.78, 5) is 2.20. The van der Waals surface area contributed by atoms with Crippen LogP contribution in [-0.4, -0.2) is 13.6 Å². The van der Waals surface area contributed by atoms with E-state index in [1.54, 1.807) is 0 Å². The molecule has 21 heavy (non-hydrogen) atoms. The first-order valence-electron chi connectivity index (χ1n) is 7.94. The van der Waals surface area contributed by atoms with Crippen LogP contribution in [0.5, 0.6) is 0 Å². The molecule has 0 saturated heterocycles. The predicted octanol–water partition coefficient (Wildman–Crippen LogP) is 5.45. The Labute approximate surface area is 128 Å². The summed E-state index contributed by atoms with van der Waals surface area (Å²) < 4.78 is 0. The molecule has 0 unspecified atom stereocenters. The number of para-hydroxylation sites is 1. The van der Waals surface area contributed by atoms with Crippen molar-refractivity contribution in [3.8, 4) is 0 Å². The SMILES string of the molecule is CCCCCCNc1ccc(N(C)c2ccccc2)cc1. The van der Waals surface area contributed by atoms with E-state index in [-0.39, 0.29) is 0 Å². The molecule has 2 rings (SSSR count). The molecule has 2 aromatic rings. The first kappa shape index (κ1) is 15.4. The first-order valence-corrected chi connectivity index (χ1v) is 7.94. The molecule has 2 heteroatoms. The van der Waals surface area contributed by atoms with E-state index in [9.17, 15) is 0 Å². The molecule has 0 amide bonds. The van der Waals surface area contributed by atoms with Crippen LogP contribution >= 0.6 is 0 Å². The molecule has 0 atom stereocenters. The molecular weight excluding hydrogens is 256 g/mol. The third-order valence-corrected chi connectivity index (χ3v) is 3.76. The molecule has 0 aliphatic heterocycles. The minimum absolute atomic E-state index is 1.06. The van der Waals surface area contributed by atoms with Gasteiger partial charge >= 0.3 is 0 Å².